The summed E-state index contributed by atoms with van der Waals surface area (Å²) in [5.74, 6) is 0. The van der Waals surface area contributed by atoms with Gasteiger partial charge in [0, 0.05) is 42.8 Å². The van der Waals surface area contributed by atoms with Crippen LogP contribution in [-0.4, -0.2) is 0 Å². The summed E-state index contributed by atoms with van der Waals surface area (Å²) < 4.78 is 2.67. The molecule has 0 unspecified atom stereocenters. The first-order valence-electron chi connectivity index (χ1n) is 14.9. The fourth-order valence-electron chi connectivity index (χ4n) is 6.18. The van der Waals surface area contributed by atoms with Crippen molar-refractivity contribution >= 4 is 48.6 Å². The molecule has 1 aromatic heterocycles. The Morgan fingerprint density at radius 2 is 0.818 bits per heavy atom. The third-order valence-corrected chi connectivity index (χ3v) is 9.52. The molecule has 0 aliphatic rings. The molecule has 0 aliphatic carbocycles. The minimum absolute atomic E-state index is 1.12. The Morgan fingerprint density at radius 3 is 1.55 bits per heavy atom. The van der Waals surface area contributed by atoms with Gasteiger partial charge in [0.2, 0.25) is 0 Å². The van der Waals surface area contributed by atoms with E-state index < -0.39 is 0 Å². The van der Waals surface area contributed by atoms with Crippen LogP contribution >= 0.6 is 11.3 Å². The lowest BCUT2D eigenvalue weighted by Gasteiger charge is -2.26. The van der Waals surface area contributed by atoms with Crippen molar-refractivity contribution in [2.75, 3.05) is 4.90 Å². The molecular formula is C42H29NS. The SMILES string of the molecule is c1ccc(-c2ccc(N(c3ccccc3)c3ccc(-c4ccccc4-c4cccc5c4sc4ccccc45)cc3)cc2)cc1. The van der Waals surface area contributed by atoms with E-state index in [-0.39, 0.29) is 0 Å². The van der Waals surface area contributed by atoms with Crippen LogP contribution in [-0.2, 0) is 0 Å². The van der Waals surface area contributed by atoms with Crippen LogP contribution in [0, 0.1) is 0 Å². The van der Waals surface area contributed by atoms with E-state index in [9.17, 15) is 0 Å². The molecule has 0 atom stereocenters. The van der Waals surface area contributed by atoms with Crippen LogP contribution in [0.5, 0.6) is 0 Å². The van der Waals surface area contributed by atoms with Crippen molar-refractivity contribution in [3.8, 4) is 33.4 Å². The number of fused-ring (bicyclic) bond motifs is 3. The molecule has 7 aromatic carbocycles. The lowest BCUT2D eigenvalue weighted by molar-refractivity contribution is 1.28. The van der Waals surface area contributed by atoms with Crippen LogP contribution in [0.2, 0.25) is 0 Å². The van der Waals surface area contributed by atoms with Crippen molar-refractivity contribution in [2.24, 2.45) is 0 Å². The van der Waals surface area contributed by atoms with Gasteiger partial charge in [-0.3, -0.25) is 0 Å². The zero-order valence-electron chi connectivity index (χ0n) is 24.1. The molecule has 2 heteroatoms. The van der Waals surface area contributed by atoms with Gasteiger partial charge in [-0.2, -0.15) is 0 Å². The highest BCUT2D eigenvalue weighted by Gasteiger charge is 2.16. The third kappa shape index (κ3) is 4.76. The molecule has 44 heavy (non-hydrogen) atoms. The van der Waals surface area contributed by atoms with Gasteiger partial charge in [0.15, 0.2) is 0 Å². The molecule has 1 nitrogen and oxygen atoms in total. The smallest absolute Gasteiger partial charge is 0.0462 e. The average Bonchev–Trinajstić information content (AvgIpc) is 3.49. The molecule has 0 N–H and O–H groups in total. The number of anilines is 3. The summed E-state index contributed by atoms with van der Waals surface area (Å²) >= 11 is 1.88. The first-order chi connectivity index (χ1) is 21.8. The third-order valence-electron chi connectivity index (χ3n) is 8.31. The first kappa shape index (κ1) is 26.2. The Balaban J connectivity index is 1.19. The van der Waals surface area contributed by atoms with Crippen LogP contribution in [0.4, 0.5) is 17.1 Å². The van der Waals surface area contributed by atoms with Gasteiger partial charge in [-0.1, -0.05) is 133 Å². The van der Waals surface area contributed by atoms with Crippen LogP contribution in [0.1, 0.15) is 0 Å². The minimum Gasteiger partial charge on any atom is -0.311 e. The highest BCUT2D eigenvalue weighted by molar-refractivity contribution is 7.26. The molecule has 0 spiro atoms. The summed E-state index contributed by atoms with van der Waals surface area (Å²) in [6, 6.07) is 63.2. The molecular weight excluding hydrogens is 551 g/mol. The van der Waals surface area contributed by atoms with Crippen molar-refractivity contribution in [3.05, 3.63) is 176 Å². The second-order valence-electron chi connectivity index (χ2n) is 11.0. The Kier molecular flexibility index (Phi) is 6.75. The fourth-order valence-corrected chi connectivity index (χ4v) is 7.41. The van der Waals surface area contributed by atoms with Crippen molar-refractivity contribution in [3.63, 3.8) is 0 Å². The van der Waals surface area contributed by atoms with E-state index in [0.29, 0.717) is 0 Å². The van der Waals surface area contributed by atoms with E-state index in [1.165, 1.54) is 53.6 Å². The predicted molar refractivity (Wildman–Crippen MR) is 190 cm³/mol. The molecule has 1 heterocycles. The second-order valence-corrected chi connectivity index (χ2v) is 12.0. The summed E-state index contributed by atoms with van der Waals surface area (Å²) in [6.45, 7) is 0. The molecule has 208 valence electrons. The Bertz CT molecular complexity index is 2200. The maximum Gasteiger partial charge on any atom is 0.0462 e. The molecule has 8 aromatic rings. The van der Waals surface area contributed by atoms with Crippen molar-refractivity contribution in [1.29, 1.82) is 0 Å². The molecule has 0 bridgehead atoms. The summed E-state index contributed by atoms with van der Waals surface area (Å²) in [5.41, 5.74) is 10.8. The normalized spacial score (nSPS) is 11.2. The largest absolute Gasteiger partial charge is 0.311 e. The number of para-hydroxylation sites is 1. The van der Waals surface area contributed by atoms with Gasteiger partial charge >= 0.3 is 0 Å². The standard InChI is InChI=1S/C42H29NS/c1-3-12-30(13-4-1)31-22-26-34(27-23-31)43(33-14-5-2-6-15-33)35-28-24-32(25-29-35)36-16-7-8-17-37(36)39-19-11-20-40-38-18-9-10-21-41(38)44-42(39)40/h1-29H. The average molecular weight is 580 g/mol. The van der Waals surface area contributed by atoms with Crippen LogP contribution < -0.4 is 4.90 Å². The van der Waals surface area contributed by atoms with Crippen molar-refractivity contribution in [1.82, 2.24) is 0 Å². The van der Waals surface area contributed by atoms with Gasteiger partial charge in [-0.05, 0) is 70.3 Å². The van der Waals surface area contributed by atoms with E-state index >= 15 is 0 Å². The van der Waals surface area contributed by atoms with E-state index in [4.69, 9.17) is 0 Å². The minimum atomic E-state index is 1.12. The Morgan fingerprint density at radius 1 is 0.318 bits per heavy atom. The van der Waals surface area contributed by atoms with Crippen LogP contribution in [0.25, 0.3) is 53.6 Å². The Labute approximate surface area is 261 Å². The number of hydrogen-bond donors (Lipinski definition) is 0. The summed E-state index contributed by atoms with van der Waals surface area (Å²) in [6.07, 6.45) is 0. The van der Waals surface area contributed by atoms with Gasteiger partial charge in [0.25, 0.3) is 0 Å². The zero-order chi connectivity index (χ0) is 29.3. The number of benzene rings is 7. The van der Waals surface area contributed by atoms with Crippen molar-refractivity contribution in [2.45, 2.75) is 0 Å². The maximum absolute atomic E-state index is 2.32. The van der Waals surface area contributed by atoms with E-state index in [1.807, 2.05) is 11.3 Å². The molecule has 0 amide bonds. The van der Waals surface area contributed by atoms with Gasteiger partial charge in [-0.25, -0.2) is 0 Å². The second kappa shape index (κ2) is 11.3. The molecule has 0 radical (unpaired) electrons. The van der Waals surface area contributed by atoms with Gasteiger partial charge in [-0.15, -0.1) is 11.3 Å². The van der Waals surface area contributed by atoms with Crippen LogP contribution in [0.3, 0.4) is 0 Å². The number of nitrogens with zero attached hydrogens (tertiary/aromatic N) is 1. The molecule has 0 aliphatic heterocycles. The lowest BCUT2D eigenvalue weighted by Crippen LogP contribution is -2.09. The monoisotopic (exact) mass is 579 g/mol. The summed E-state index contributed by atoms with van der Waals surface area (Å²) in [5, 5.41) is 2.65. The zero-order valence-corrected chi connectivity index (χ0v) is 24.9. The topological polar surface area (TPSA) is 3.24 Å². The van der Waals surface area contributed by atoms with Gasteiger partial charge in [0.1, 0.15) is 0 Å². The highest BCUT2D eigenvalue weighted by atomic mass is 32.1. The van der Waals surface area contributed by atoms with E-state index in [0.717, 1.165) is 17.1 Å². The first-order valence-corrected chi connectivity index (χ1v) is 15.8. The quantitative estimate of drug-likeness (QED) is 0.189. The van der Waals surface area contributed by atoms with Crippen molar-refractivity contribution < 1.29 is 0 Å². The predicted octanol–water partition coefficient (Wildman–Crippen LogP) is 12.5. The molecule has 0 saturated carbocycles. The van der Waals surface area contributed by atoms with E-state index in [2.05, 4.69) is 181 Å². The highest BCUT2D eigenvalue weighted by Crippen LogP contribution is 2.43. The number of thiophene rings is 1. The summed E-state index contributed by atoms with van der Waals surface area (Å²) in [4.78, 5) is 2.32. The van der Waals surface area contributed by atoms with Gasteiger partial charge in [0.05, 0.1) is 0 Å². The van der Waals surface area contributed by atoms with Crippen LogP contribution in [0.15, 0.2) is 176 Å². The Hall–Kier alpha value is -5.44. The fraction of sp³-hybridized carbons (Fsp3) is 0. The number of rotatable bonds is 6. The molecule has 0 fully saturated rings. The lowest BCUT2D eigenvalue weighted by atomic mass is 9.93. The molecule has 0 saturated heterocycles. The maximum atomic E-state index is 2.32. The number of hydrogen-bond acceptors (Lipinski definition) is 2. The van der Waals surface area contributed by atoms with Gasteiger partial charge < -0.3 is 4.90 Å². The summed E-state index contributed by atoms with van der Waals surface area (Å²) in [7, 11) is 0. The van der Waals surface area contributed by atoms with E-state index in [1.54, 1.807) is 0 Å². The molecule has 8 rings (SSSR count).